The van der Waals surface area contributed by atoms with Crippen molar-refractivity contribution in [2.45, 2.75) is 6.42 Å². The molecular formula is C17H14N2O8. The van der Waals surface area contributed by atoms with Gasteiger partial charge in [-0.3, -0.25) is 0 Å². The molecule has 0 amide bonds. The molecule has 140 valence electrons. The maximum absolute atomic E-state index is 11.5. The molecule has 0 unspecified atom stereocenters. The van der Waals surface area contributed by atoms with Crippen molar-refractivity contribution in [2.24, 2.45) is 0 Å². The van der Waals surface area contributed by atoms with Gasteiger partial charge in [0.15, 0.2) is 0 Å². The number of hydrogen-bond donors (Lipinski definition) is 6. The molecule has 10 nitrogen and oxygen atoms in total. The molecule has 0 atom stereocenters. The molecule has 0 aliphatic carbocycles. The second kappa shape index (κ2) is 7.04. The molecule has 2 rings (SSSR count). The average Bonchev–Trinajstić information content (AvgIpc) is 2.56. The molecule has 0 fully saturated rings. The van der Waals surface area contributed by atoms with Crippen LogP contribution in [0.25, 0.3) is 0 Å². The predicted octanol–water partition coefficient (Wildman–Crippen LogP) is 1.23. The van der Waals surface area contributed by atoms with Crippen LogP contribution in [0.15, 0.2) is 24.3 Å². The fourth-order valence-electron chi connectivity index (χ4n) is 2.59. The van der Waals surface area contributed by atoms with Crippen molar-refractivity contribution >= 4 is 35.3 Å². The third-order valence-electron chi connectivity index (χ3n) is 3.85. The fourth-order valence-corrected chi connectivity index (χ4v) is 2.59. The van der Waals surface area contributed by atoms with Crippen LogP contribution in [0.5, 0.6) is 0 Å². The summed E-state index contributed by atoms with van der Waals surface area (Å²) in [6, 6.07) is 3.95. The smallest absolute Gasteiger partial charge is 0.337 e. The highest BCUT2D eigenvalue weighted by Gasteiger charge is 2.22. The van der Waals surface area contributed by atoms with Crippen molar-refractivity contribution in [1.82, 2.24) is 0 Å². The van der Waals surface area contributed by atoms with Crippen LogP contribution in [0.3, 0.4) is 0 Å². The predicted molar refractivity (Wildman–Crippen MR) is 92.4 cm³/mol. The lowest BCUT2D eigenvalue weighted by Gasteiger charge is -2.13. The van der Waals surface area contributed by atoms with Gasteiger partial charge < -0.3 is 31.9 Å². The third-order valence-corrected chi connectivity index (χ3v) is 3.85. The highest BCUT2D eigenvalue weighted by atomic mass is 16.4. The molecule has 27 heavy (non-hydrogen) atoms. The Bertz CT molecular complexity index is 917. The van der Waals surface area contributed by atoms with Crippen LogP contribution in [-0.4, -0.2) is 44.3 Å². The number of nitrogens with two attached hydrogens (primary N) is 2. The molecule has 0 aromatic heterocycles. The van der Waals surface area contributed by atoms with E-state index in [4.69, 9.17) is 21.7 Å². The van der Waals surface area contributed by atoms with Crippen LogP contribution in [0, 0.1) is 0 Å². The molecule has 0 aliphatic heterocycles. The number of aromatic carboxylic acids is 4. The number of carboxylic acid groups (broad SMARTS) is 4. The number of carbonyl (C=O) groups is 4. The monoisotopic (exact) mass is 374 g/mol. The average molecular weight is 374 g/mol. The minimum Gasteiger partial charge on any atom is -0.478 e. The van der Waals surface area contributed by atoms with Gasteiger partial charge in [0.05, 0.1) is 22.3 Å². The van der Waals surface area contributed by atoms with Crippen molar-refractivity contribution in [3.63, 3.8) is 0 Å². The molecule has 2 aromatic rings. The minimum absolute atomic E-state index is 0.0438. The summed E-state index contributed by atoms with van der Waals surface area (Å²) in [6.45, 7) is 0. The number of hydrogen-bond acceptors (Lipinski definition) is 6. The minimum atomic E-state index is -1.40. The van der Waals surface area contributed by atoms with Gasteiger partial charge in [-0.1, -0.05) is 0 Å². The van der Waals surface area contributed by atoms with Crippen molar-refractivity contribution in [3.8, 4) is 0 Å². The summed E-state index contributed by atoms with van der Waals surface area (Å²) in [4.78, 5) is 45.4. The van der Waals surface area contributed by atoms with Gasteiger partial charge in [-0.25, -0.2) is 19.2 Å². The van der Waals surface area contributed by atoms with Crippen LogP contribution in [0.1, 0.15) is 52.6 Å². The van der Waals surface area contributed by atoms with E-state index in [2.05, 4.69) is 0 Å². The lowest BCUT2D eigenvalue weighted by Crippen LogP contribution is -2.13. The largest absolute Gasteiger partial charge is 0.478 e. The fraction of sp³-hybridized carbons (Fsp3) is 0.0588. The number of anilines is 2. The van der Waals surface area contributed by atoms with Crippen LogP contribution < -0.4 is 11.5 Å². The van der Waals surface area contributed by atoms with Crippen LogP contribution in [0.2, 0.25) is 0 Å². The Hall–Kier alpha value is -4.08. The first kappa shape index (κ1) is 19.2. The van der Waals surface area contributed by atoms with Gasteiger partial charge >= 0.3 is 23.9 Å². The van der Waals surface area contributed by atoms with Crippen LogP contribution in [-0.2, 0) is 6.42 Å². The number of rotatable bonds is 6. The standard InChI is InChI=1S/C17H14N2O8/c18-12-4-8(14(20)21)6(2-10(12)16(24)25)1-7-3-11(17(26)27)13(19)5-9(7)15(22)23/h2-5H,1,18-19H2,(H,20,21)(H,22,23)(H,24,25)(H,26,27). The zero-order valence-electron chi connectivity index (χ0n) is 13.6. The molecule has 0 bridgehead atoms. The van der Waals surface area contributed by atoms with Crippen molar-refractivity contribution in [1.29, 1.82) is 0 Å². The number of carboxylic acids is 4. The summed E-state index contributed by atoms with van der Waals surface area (Å²) in [5.74, 6) is -5.60. The topological polar surface area (TPSA) is 201 Å². The molecular weight excluding hydrogens is 360 g/mol. The van der Waals surface area contributed by atoms with Gasteiger partial charge in [-0.05, 0) is 41.8 Å². The Kier molecular flexibility index (Phi) is 5.02. The molecule has 0 spiro atoms. The quantitative estimate of drug-likeness (QED) is 0.399. The highest BCUT2D eigenvalue weighted by Crippen LogP contribution is 2.26. The molecule has 8 N–H and O–H groups in total. The summed E-state index contributed by atoms with van der Waals surface area (Å²) in [6.07, 6.45) is -0.357. The van der Waals surface area contributed by atoms with Crippen molar-refractivity contribution in [3.05, 3.63) is 57.6 Å². The lowest BCUT2D eigenvalue weighted by molar-refractivity contribution is 0.0679. The van der Waals surface area contributed by atoms with Gasteiger partial charge in [0.25, 0.3) is 0 Å². The second-order valence-electron chi connectivity index (χ2n) is 5.59. The molecule has 0 heterocycles. The van der Waals surface area contributed by atoms with Gasteiger partial charge in [-0.2, -0.15) is 0 Å². The Labute approximate surface area is 151 Å². The molecule has 0 saturated heterocycles. The van der Waals surface area contributed by atoms with E-state index in [1.54, 1.807) is 0 Å². The van der Waals surface area contributed by atoms with E-state index in [-0.39, 0.29) is 51.2 Å². The summed E-state index contributed by atoms with van der Waals surface area (Å²) < 4.78 is 0. The zero-order chi connectivity index (χ0) is 20.5. The van der Waals surface area contributed by atoms with E-state index in [0.29, 0.717) is 0 Å². The summed E-state index contributed by atoms with van der Waals surface area (Å²) in [7, 11) is 0. The first-order valence-corrected chi connectivity index (χ1v) is 7.30. The van der Waals surface area contributed by atoms with Gasteiger partial charge in [0, 0.05) is 11.4 Å². The molecule has 0 radical (unpaired) electrons. The van der Waals surface area contributed by atoms with Crippen molar-refractivity contribution in [2.75, 3.05) is 11.5 Å². The maximum Gasteiger partial charge on any atom is 0.337 e. The zero-order valence-corrected chi connectivity index (χ0v) is 13.6. The highest BCUT2D eigenvalue weighted by molar-refractivity contribution is 6.00. The van der Waals surface area contributed by atoms with E-state index >= 15 is 0 Å². The summed E-state index contributed by atoms with van der Waals surface area (Å²) >= 11 is 0. The van der Waals surface area contributed by atoms with E-state index in [1.807, 2.05) is 0 Å². The first-order valence-electron chi connectivity index (χ1n) is 7.30. The Morgan fingerprint density at radius 3 is 1.15 bits per heavy atom. The SMILES string of the molecule is Nc1cc(C(=O)O)c(Cc2cc(C(=O)O)c(N)cc2C(=O)O)cc1C(=O)O. The van der Waals surface area contributed by atoms with Gasteiger partial charge in [0.2, 0.25) is 0 Å². The normalized spacial score (nSPS) is 10.4. The number of benzene rings is 2. The molecule has 0 saturated carbocycles. The second-order valence-corrected chi connectivity index (χ2v) is 5.59. The Morgan fingerprint density at radius 1 is 0.593 bits per heavy atom. The van der Waals surface area contributed by atoms with Crippen molar-refractivity contribution < 1.29 is 39.6 Å². The van der Waals surface area contributed by atoms with Gasteiger partial charge in [-0.15, -0.1) is 0 Å². The summed E-state index contributed by atoms with van der Waals surface area (Å²) in [5, 5.41) is 37.0. The van der Waals surface area contributed by atoms with Crippen LogP contribution in [0.4, 0.5) is 11.4 Å². The first-order chi connectivity index (χ1) is 12.5. The Morgan fingerprint density at radius 2 is 0.889 bits per heavy atom. The van der Waals surface area contributed by atoms with Crippen LogP contribution >= 0.6 is 0 Å². The van der Waals surface area contributed by atoms with Gasteiger partial charge in [0.1, 0.15) is 0 Å². The Balaban J connectivity index is 2.71. The lowest BCUT2D eigenvalue weighted by atomic mass is 9.92. The van der Waals surface area contributed by atoms with E-state index in [0.717, 1.165) is 24.3 Å². The molecule has 10 heteroatoms. The third kappa shape index (κ3) is 3.79. The maximum atomic E-state index is 11.5. The molecule has 2 aromatic carbocycles. The molecule has 0 aliphatic rings. The van der Waals surface area contributed by atoms with E-state index in [9.17, 15) is 29.4 Å². The summed E-state index contributed by atoms with van der Waals surface area (Å²) in [5.41, 5.74) is 9.09. The van der Waals surface area contributed by atoms with E-state index < -0.39 is 23.9 Å². The van der Waals surface area contributed by atoms with E-state index in [1.165, 1.54) is 0 Å². The number of nitrogen functional groups attached to an aromatic ring is 2.